The molecule has 2 aliphatic carbocycles. The van der Waals surface area contributed by atoms with Crippen LogP contribution in [-0.2, 0) is 17.6 Å². The minimum absolute atomic E-state index is 0.00267. The van der Waals surface area contributed by atoms with Crippen LogP contribution in [0.5, 0.6) is 5.75 Å². The van der Waals surface area contributed by atoms with E-state index in [1.54, 1.807) is 0 Å². The van der Waals surface area contributed by atoms with Crippen molar-refractivity contribution < 1.29 is 32.3 Å². The molecule has 2 aromatic rings. The van der Waals surface area contributed by atoms with Gasteiger partial charge in [-0.25, -0.2) is 4.79 Å². The Morgan fingerprint density at radius 3 is 2.44 bits per heavy atom. The number of hydrogen-bond acceptors (Lipinski definition) is 5. The smallest absolute Gasteiger partial charge is 0.406 e. The van der Waals surface area contributed by atoms with Crippen LogP contribution in [0.1, 0.15) is 53.4 Å². The third kappa shape index (κ3) is 6.68. The van der Waals surface area contributed by atoms with Crippen molar-refractivity contribution in [3.63, 3.8) is 0 Å². The third-order valence-corrected chi connectivity index (χ3v) is 7.10. The number of benzene rings is 1. The van der Waals surface area contributed by atoms with E-state index in [1.807, 2.05) is 6.92 Å². The van der Waals surface area contributed by atoms with Gasteiger partial charge in [0.25, 0.3) is 5.91 Å². The topological polar surface area (TPSA) is 109 Å². The molecule has 1 aromatic carbocycles. The molecule has 194 valence electrons. The number of ether oxygens (including phenoxy) is 1. The molecule has 0 saturated heterocycles. The number of halogens is 3. The number of aryl methyl sites for hydroxylation is 1. The molecule has 12 heteroatoms. The zero-order valence-corrected chi connectivity index (χ0v) is 20.4. The summed E-state index contributed by atoms with van der Waals surface area (Å²) in [5, 5.41) is 11.8. The minimum Gasteiger partial charge on any atom is -0.406 e. The Balaban J connectivity index is 1.42. The van der Waals surface area contributed by atoms with Crippen LogP contribution in [0.25, 0.3) is 0 Å². The van der Waals surface area contributed by atoms with Crippen molar-refractivity contribution in [2.45, 2.75) is 57.9 Å². The number of fused-ring (bicyclic) bond motifs is 1. The van der Waals surface area contributed by atoms with Crippen molar-refractivity contribution in [1.82, 2.24) is 10.6 Å². The van der Waals surface area contributed by atoms with Crippen LogP contribution in [0.2, 0.25) is 0 Å². The number of nitrogens with one attached hydrogen (secondary N) is 4. The highest BCUT2D eigenvalue weighted by atomic mass is 32.1. The first-order chi connectivity index (χ1) is 17.1. The fourth-order valence-electron chi connectivity index (χ4n) is 4.01. The number of thiophene rings is 1. The molecular weight excluding hydrogens is 497 g/mol. The second-order valence-electron chi connectivity index (χ2n) is 8.84. The summed E-state index contributed by atoms with van der Waals surface area (Å²) in [6.45, 7) is 2.46. The van der Waals surface area contributed by atoms with Gasteiger partial charge in [0.15, 0.2) is 0 Å². The first-order valence-corrected chi connectivity index (χ1v) is 12.6. The molecule has 1 heterocycles. The second kappa shape index (κ2) is 10.8. The van der Waals surface area contributed by atoms with Crippen LogP contribution in [0, 0.1) is 5.92 Å². The molecule has 36 heavy (non-hydrogen) atoms. The van der Waals surface area contributed by atoms with Crippen molar-refractivity contribution in [2.24, 2.45) is 5.92 Å². The van der Waals surface area contributed by atoms with Gasteiger partial charge in [-0.1, -0.05) is 6.92 Å². The quantitative estimate of drug-likeness (QED) is 0.397. The molecule has 1 fully saturated rings. The van der Waals surface area contributed by atoms with Crippen LogP contribution in [0.15, 0.2) is 24.3 Å². The van der Waals surface area contributed by atoms with Gasteiger partial charge in [0.2, 0.25) is 5.91 Å². The maximum atomic E-state index is 13.0. The molecule has 4 N–H and O–H groups in total. The molecular formula is C24H27F3N4O4S. The monoisotopic (exact) mass is 524 g/mol. The Morgan fingerprint density at radius 2 is 1.81 bits per heavy atom. The number of rotatable bonds is 8. The molecule has 8 nitrogen and oxygen atoms in total. The van der Waals surface area contributed by atoms with Crippen LogP contribution >= 0.6 is 11.3 Å². The molecule has 1 atom stereocenters. The van der Waals surface area contributed by atoms with E-state index >= 15 is 0 Å². The maximum absolute atomic E-state index is 13.0. The summed E-state index contributed by atoms with van der Waals surface area (Å²) in [5.41, 5.74) is 1.59. The molecule has 2 aliphatic rings. The van der Waals surface area contributed by atoms with Crippen molar-refractivity contribution >= 4 is 39.9 Å². The van der Waals surface area contributed by atoms with E-state index in [0.29, 0.717) is 42.1 Å². The van der Waals surface area contributed by atoms with Gasteiger partial charge in [0.1, 0.15) is 10.8 Å². The number of alkyl halides is 3. The molecule has 0 aliphatic heterocycles. The zero-order chi connectivity index (χ0) is 25.9. The zero-order valence-electron chi connectivity index (χ0n) is 19.6. The Morgan fingerprint density at radius 1 is 1.08 bits per heavy atom. The molecule has 4 amide bonds. The number of urea groups is 1. The first kappa shape index (κ1) is 25.8. The lowest BCUT2D eigenvalue weighted by Gasteiger charge is -2.24. The summed E-state index contributed by atoms with van der Waals surface area (Å²) in [6.07, 6.45) is -0.601. The lowest BCUT2D eigenvalue weighted by atomic mass is 9.91. The van der Waals surface area contributed by atoms with E-state index in [0.717, 1.165) is 41.8 Å². The fourth-order valence-corrected chi connectivity index (χ4v) is 5.26. The average molecular weight is 525 g/mol. The summed E-state index contributed by atoms with van der Waals surface area (Å²) >= 11 is 1.41. The molecule has 1 aromatic heterocycles. The van der Waals surface area contributed by atoms with Crippen molar-refractivity contribution in [3.05, 3.63) is 40.3 Å². The lowest BCUT2D eigenvalue weighted by Crippen LogP contribution is -2.41. The van der Waals surface area contributed by atoms with Crippen LogP contribution in [-0.4, -0.2) is 36.8 Å². The lowest BCUT2D eigenvalue weighted by molar-refractivity contribution is -0.274. The van der Waals surface area contributed by atoms with E-state index in [1.165, 1.54) is 23.5 Å². The summed E-state index contributed by atoms with van der Waals surface area (Å²) in [7, 11) is 0. The van der Waals surface area contributed by atoms with Crippen molar-refractivity contribution in [2.75, 3.05) is 17.2 Å². The SMILES string of the molecule is CCCNC(=O)c1c(NC(=O)C2CC2)sc2c1CC(NC(=O)Nc1ccc(OC(F)(F)F)cc1)CC2. The number of hydrogen-bond donors (Lipinski definition) is 4. The standard InChI is InChI=1S/C24H27F3N4O4S/c1-2-11-28-21(33)19-17-12-15(7-10-18(17)36-22(19)31-20(32)13-3-4-13)30-23(34)29-14-5-8-16(9-6-14)35-24(25,26)27/h5-6,8-9,13,15H,2-4,7,10-12H2,1H3,(H,28,33)(H,31,32)(H2,29,30,34). The highest BCUT2D eigenvalue weighted by Crippen LogP contribution is 2.40. The Hall–Kier alpha value is -3.28. The summed E-state index contributed by atoms with van der Waals surface area (Å²) in [5.74, 6) is -0.697. The average Bonchev–Trinajstić information content (AvgIpc) is 3.60. The summed E-state index contributed by atoms with van der Waals surface area (Å²) in [4.78, 5) is 38.9. The van der Waals surface area contributed by atoms with Gasteiger partial charge in [-0.15, -0.1) is 24.5 Å². The van der Waals surface area contributed by atoms with E-state index in [-0.39, 0.29) is 29.5 Å². The normalized spacial score (nSPS) is 17.1. The molecule has 1 unspecified atom stereocenters. The van der Waals surface area contributed by atoms with Crippen molar-refractivity contribution in [3.8, 4) is 5.75 Å². The fraction of sp³-hybridized carbons (Fsp3) is 0.458. The summed E-state index contributed by atoms with van der Waals surface area (Å²) < 4.78 is 40.8. The van der Waals surface area contributed by atoms with E-state index < -0.39 is 12.4 Å². The molecule has 0 radical (unpaired) electrons. The first-order valence-electron chi connectivity index (χ1n) is 11.8. The molecule has 0 bridgehead atoms. The van der Waals surface area contributed by atoms with Gasteiger partial charge in [-0.2, -0.15) is 0 Å². The van der Waals surface area contributed by atoms with E-state index in [2.05, 4.69) is 26.0 Å². The molecule has 0 spiro atoms. The predicted octanol–water partition coefficient (Wildman–Crippen LogP) is 4.81. The Kier molecular flexibility index (Phi) is 7.72. The van der Waals surface area contributed by atoms with E-state index in [4.69, 9.17) is 0 Å². The molecule has 4 rings (SSSR count). The largest absolute Gasteiger partial charge is 0.573 e. The van der Waals surface area contributed by atoms with Gasteiger partial charge < -0.3 is 26.0 Å². The number of amides is 4. The number of carbonyl (C=O) groups is 3. The summed E-state index contributed by atoms with van der Waals surface area (Å²) in [6, 6.07) is 4.07. The van der Waals surface area contributed by atoms with Gasteiger partial charge in [-0.05, 0) is 68.4 Å². The van der Waals surface area contributed by atoms with Gasteiger partial charge >= 0.3 is 12.4 Å². The predicted molar refractivity (Wildman–Crippen MR) is 129 cm³/mol. The van der Waals surface area contributed by atoms with Crippen LogP contribution in [0.4, 0.5) is 28.7 Å². The highest BCUT2D eigenvalue weighted by Gasteiger charge is 2.34. The van der Waals surface area contributed by atoms with Crippen LogP contribution in [0.3, 0.4) is 0 Å². The molecule has 1 saturated carbocycles. The Labute approximate surface area is 210 Å². The Bertz CT molecular complexity index is 1130. The van der Waals surface area contributed by atoms with Gasteiger partial charge in [0.05, 0.1) is 5.56 Å². The number of anilines is 2. The van der Waals surface area contributed by atoms with Gasteiger partial charge in [0, 0.05) is 29.1 Å². The number of carbonyl (C=O) groups excluding carboxylic acids is 3. The second-order valence-corrected chi connectivity index (χ2v) is 9.94. The third-order valence-electron chi connectivity index (χ3n) is 5.89. The van der Waals surface area contributed by atoms with Crippen LogP contribution < -0.4 is 26.0 Å². The van der Waals surface area contributed by atoms with Gasteiger partial charge in [-0.3, -0.25) is 9.59 Å². The van der Waals surface area contributed by atoms with E-state index in [9.17, 15) is 27.6 Å². The minimum atomic E-state index is -4.79. The van der Waals surface area contributed by atoms with Crippen molar-refractivity contribution in [1.29, 1.82) is 0 Å². The maximum Gasteiger partial charge on any atom is 0.573 e. The highest BCUT2D eigenvalue weighted by molar-refractivity contribution is 7.17.